The molecule has 0 aliphatic rings. The second-order valence-corrected chi connectivity index (χ2v) is 7.27. The predicted molar refractivity (Wildman–Crippen MR) is 117 cm³/mol. The number of carbonyl (C=O) groups is 1. The molecule has 0 aliphatic carbocycles. The highest BCUT2D eigenvalue weighted by Gasteiger charge is 2.12. The molecule has 4 rings (SSSR count). The van der Waals surface area contributed by atoms with Crippen LogP contribution in [0.3, 0.4) is 0 Å². The number of hydrogen-bond donors (Lipinski definition) is 0. The Labute approximate surface area is 176 Å². The summed E-state index contributed by atoms with van der Waals surface area (Å²) in [5, 5.41) is 8.93. The van der Waals surface area contributed by atoms with Gasteiger partial charge in [0.2, 0.25) is 0 Å². The minimum Gasteiger partial charge on any atom is -0.462 e. The van der Waals surface area contributed by atoms with Crippen molar-refractivity contribution in [1.82, 2.24) is 4.40 Å². The van der Waals surface area contributed by atoms with E-state index < -0.39 is 0 Å². The summed E-state index contributed by atoms with van der Waals surface area (Å²) in [5.74, 6) is 0.406. The molecule has 6 heteroatoms. The van der Waals surface area contributed by atoms with Crippen LogP contribution in [-0.4, -0.2) is 17.0 Å². The van der Waals surface area contributed by atoms with Gasteiger partial charge in [-0.3, -0.25) is 4.40 Å². The van der Waals surface area contributed by atoms with E-state index in [0.29, 0.717) is 17.9 Å². The van der Waals surface area contributed by atoms with Crippen molar-refractivity contribution in [2.75, 3.05) is 6.61 Å². The molecule has 144 valence electrons. The molecule has 0 unspecified atom stereocenters. The third-order valence-corrected chi connectivity index (χ3v) is 4.98. The van der Waals surface area contributed by atoms with Crippen molar-refractivity contribution in [1.29, 1.82) is 0 Å². The standard InChI is InChI=1S/C23H18BrN3O2/c1-2-29-23(28)17-8-12-19(13-9-17)25-26-22-21(16-6-10-18(24)11-7-16)15-20-5-3-4-14-27(20)22/h3-15H,2H2,1H3. The topological polar surface area (TPSA) is 55.4 Å². The number of halogens is 1. The van der Waals surface area contributed by atoms with Crippen LogP contribution in [0.2, 0.25) is 0 Å². The van der Waals surface area contributed by atoms with Crippen LogP contribution < -0.4 is 0 Å². The number of esters is 1. The SMILES string of the molecule is CCOC(=O)c1ccc(N=Nc2c(-c3ccc(Br)cc3)cc3ccccn23)cc1. The van der Waals surface area contributed by atoms with Gasteiger partial charge in [0.15, 0.2) is 5.82 Å². The molecule has 0 amide bonds. The van der Waals surface area contributed by atoms with Gasteiger partial charge < -0.3 is 4.74 Å². The summed E-state index contributed by atoms with van der Waals surface area (Å²) in [4.78, 5) is 11.8. The summed E-state index contributed by atoms with van der Waals surface area (Å²) < 4.78 is 8.04. The smallest absolute Gasteiger partial charge is 0.338 e. The zero-order valence-corrected chi connectivity index (χ0v) is 17.3. The number of hydrogen-bond acceptors (Lipinski definition) is 4. The van der Waals surface area contributed by atoms with Crippen molar-refractivity contribution in [3.05, 3.63) is 89.0 Å². The number of rotatable bonds is 5. The van der Waals surface area contributed by atoms with Crippen LogP contribution in [-0.2, 0) is 4.74 Å². The normalized spacial score (nSPS) is 11.2. The van der Waals surface area contributed by atoms with E-state index in [1.807, 2.05) is 53.1 Å². The monoisotopic (exact) mass is 447 g/mol. The molecule has 0 spiro atoms. The third kappa shape index (κ3) is 4.12. The van der Waals surface area contributed by atoms with E-state index in [1.54, 1.807) is 31.2 Å². The van der Waals surface area contributed by atoms with Gasteiger partial charge >= 0.3 is 5.97 Å². The van der Waals surface area contributed by atoms with Crippen molar-refractivity contribution in [2.45, 2.75) is 6.92 Å². The van der Waals surface area contributed by atoms with E-state index in [1.165, 1.54) is 0 Å². The number of benzene rings is 2. The van der Waals surface area contributed by atoms with Gasteiger partial charge in [-0.05, 0) is 67.1 Å². The molecule has 2 aromatic carbocycles. The van der Waals surface area contributed by atoms with Crippen LogP contribution in [0.25, 0.3) is 16.6 Å². The minimum atomic E-state index is -0.342. The van der Waals surface area contributed by atoms with Crippen LogP contribution in [0.4, 0.5) is 11.5 Å². The number of fused-ring (bicyclic) bond motifs is 1. The zero-order chi connectivity index (χ0) is 20.2. The van der Waals surface area contributed by atoms with E-state index in [2.05, 4.69) is 32.2 Å². The van der Waals surface area contributed by atoms with Crippen LogP contribution in [0.15, 0.2) is 93.7 Å². The number of aromatic nitrogens is 1. The van der Waals surface area contributed by atoms with Gasteiger partial charge in [0, 0.05) is 21.7 Å². The maximum Gasteiger partial charge on any atom is 0.338 e. The predicted octanol–water partition coefficient (Wildman–Crippen LogP) is 6.96. The largest absolute Gasteiger partial charge is 0.462 e. The molecular weight excluding hydrogens is 430 g/mol. The van der Waals surface area contributed by atoms with Gasteiger partial charge in [0.1, 0.15) is 0 Å². The third-order valence-electron chi connectivity index (χ3n) is 4.45. The van der Waals surface area contributed by atoms with Crippen molar-refractivity contribution < 1.29 is 9.53 Å². The summed E-state index contributed by atoms with van der Waals surface area (Å²) in [6.07, 6.45) is 1.97. The van der Waals surface area contributed by atoms with Crippen molar-refractivity contribution in [3.8, 4) is 11.1 Å². The molecule has 2 heterocycles. The van der Waals surface area contributed by atoms with Crippen molar-refractivity contribution in [3.63, 3.8) is 0 Å². The molecule has 0 fully saturated rings. The first-order valence-electron chi connectivity index (χ1n) is 9.20. The summed E-state index contributed by atoms with van der Waals surface area (Å²) >= 11 is 3.48. The molecule has 4 aromatic rings. The average molecular weight is 448 g/mol. The van der Waals surface area contributed by atoms with E-state index in [-0.39, 0.29) is 5.97 Å². The van der Waals surface area contributed by atoms with Crippen LogP contribution in [0, 0.1) is 0 Å². The second kappa shape index (κ2) is 8.41. The van der Waals surface area contributed by atoms with Crippen molar-refractivity contribution >= 4 is 38.9 Å². The van der Waals surface area contributed by atoms with E-state index in [4.69, 9.17) is 4.74 Å². The number of pyridine rings is 1. The van der Waals surface area contributed by atoms with Gasteiger partial charge in [-0.1, -0.05) is 34.1 Å². The molecular formula is C23H18BrN3O2. The first-order chi connectivity index (χ1) is 14.2. The zero-order valence-electron chi connectivity index (χ0n) is 15.7. The highest BCUT2D eigenvalue weighted by atomic mass is 79.9. The summed E-state index contributed by atoms with van der Waals surface area (Å²) in [7, 11) is 0. The Kier molecular flexibility index (Phi) is 5.53. The average Bonchev–Trinajstić information content (AvgIpc) is 3.12. The fourth-order valence-corrected chi connectivity index (χ4v) is 3.30. The Morgan fingerprint density at radius 3 is 2.48 bits per heavy atom. The van der Waals surface area contributed by atoms with Crippen LogP contribution in [0.5, 0.6) is 0 Å². The van der Waals surface area contributed by atoms with Crippen LogP contribution >= 0.6 is 15.9 Å². The molecule has 0 saturated heterocycles. The molecule has 0 radical (unpaired) electrons. The Morgan fingerprint density at radius 1 is 1.00 bits per heavy atom. The quantitative estimate of drug-likeness (QED) is 0.245. The first-order valence-corrected chi connectivity index (χ1v) is 10.00. The maximum absolute atomic E-state index is 11.8. The minimum absolute atomic E-state index is 0.342. The van der Waals surface area contributed by atoms with Gasteiger partial charge in [-0.2, -0.15) is 0 Å². The molecule has 0 N–H and O–H groups in total. The molecule has 0 bridgehead atoms. The number of azo groups is 1. The van der Waals surface area contributed by atoms with E-state index in [0.717, 1.165) is 26.9 Å². The Balaban J connectivity index is 1.71. The highest BCUT2D eigenvalue weighted by Crippen LogP contribution is 2.35. The number of nitrogens with zero attached hydrogens (tertiary/aromatic N) is 3. The Bertz CT molecular complexity index is 1180. The maximum atomic E-state index is 11.8. The second-order valence-electron chi connectivity index (χ2n) is 6.35. The molecule has 0 aliphatic heterocycles. The summed E-state index contributed by atoms with van der Waals surface area (Å²) in [6.45, 7) is 2.13. The number of carbonyl (C=O) groups excluding carboxylic acids is 1. The first kappa shape index (κ1) is 19.1. The summed E-state index contributed by atoms with van der Waals surface area (Å²) in [6, 6.07) is 23.1. The van der Waals surface area contributed by atoms with Gasteiger partial charge in [0.25, 0.3) is 0 Å². The van der Waals surface area contributed by atoms with Gasteiger partial charge in [0.05, 0.1) is 17.9 Å². The lowest BCUT2D eigenvalue weighted by Gasteiger charge is -2.03. The lowest BCUT2D eigenvalue weighted by Crippen LogP contribution is -2.03. The Morgan fingerprint density at radius 2 is 1.76 bits per heavy atom. The molecule has 0 atom stereocenters. The van der Waals surface area contributed by atoms with Crippen LogP contribution in [0.1, 0.15) is 17.3 Å². The van der Waals surface area contributed by atoms with Gasteiger partial charge in [-0.15, -0.1) is 10.2 Å². The lowest BCUT2D eigenvalue weighted by atomic mass is 10.1. The fourth-order valence-electron chi connectivity index (χ4n) is 3.04. The fraction of sp³-hybridized carbons (Fsp3) is 0.0870. The Hall–Kier alpha value is -3.25. The molecule has 29 heavy (non-hydrogen) atoms. The van der Waals surface area contributed by atoms with Crippen molar-refractivity contribution in [2.24, 2.45) is 10.2 Å². The molecule has 0 saturated carbocycles. The lowest BCUT2D eigenvalue weighted by molar-refractivity contribution is 0.0526. The highest BCUT2D eigenvalue weighted by molar-refractivity contribution is 9.10. The van der Waals surface area contributed by atoms with E-state index in [9.17, 15) is 4.79 Å². The van der Waals surface area contributed by atoms with Gasteiger partial charge in [-0.25, -0.2) is 4.79 Å². The summed E-state index contributed by atoms with van der Waals surface area (Å²) in [5.41, 5.74) is 4.25. The number of ether oxygens (including phenoxy) is 1. The van der Waals surface area contributed by atoms with E-state index >= 15 is 0 Å². The molecule has 2 aromatic heterocycles. The molecule has 5 nitrogen and oxygen atoms in total.